The Morgan fingerprint density at radius 2 is 0.753 bits per heavy atom. The fraction of sp³-hybridized carbons (Fsp3) is 0.810. The van der Waals surface area contributed by atoms with Gasteiger partial charge in [-0.25, -0.2) is 0 Å². The van der Waals surface area contributed by atoms with Gasteiger partial charge in [0, 0.05) is 6.42 Å². The Balaban J connectivity index is 1.63. The summed E-state index contributed by atoms with van der Waals surface area (Å²) in [5, 5.41) is 87.6. The van der Waals surface area contributed by atoms with Crippen molar-refractivity contribution in [2.75, 3.05) is 19.8 Å². The van der Waals surface area contributed by atoms with E-state index in [1.54, 1.807) is 6.08 Å². The maximum Gasteiger partial charge on any atom is 0.220 e. The van der Waals surface area contributed by atoms with Gasteiger partial charge < -0.3 is 65.1 Å². The minimum Gasteiger partial charge on any atom is -0.394 e. The molecule has 14 nitrogen and oxygen atoms in total. The molecule has 0 aliphatic carbocycles. The van der Waals surface area contributed by atoms with Crippen molar-refractivity contribution in [3.8, 4) is 0 Å². The third-order valence-corrected chi connectivity index (χ3v) is 18.3. The molecule has 2 fully saturated rings. The lowest BCUT2D eigenvalue weighted by molar-refractivity contribution is -0.359. The monoisotopic (exact) mass is 1310 g/mol. The van der Waals surface area contributed by atoms with Crippen LogP contribution < -0.4 is 5.32 Å². The van der Waals surface area contributed by atoms with Crippen molar-refractivity contribution in [2.24, 2.45) is 0 Å². The predicted octanol–water partition coefficient (Wildman–Crippen LogP) is 16.7. The summed E-state index contributed by atoms with van der Waals surface area (Å²) in [5.41, 5.74) is 0. The smallest absolute Gasteiger partial charge is 0.220 e. The van der Waals surface area contributed by atoms with Gasteiger partial charge in [-0.3, -0.25) is 4.79 Å². The maximum atomic E-state index is 13.4. The largest absolute Gasteiger partial charge is 0.394 e. The number of ether oxygens (including phenoxy) is 4. The number of aliphatic hydroxyl groups excluding tert-OH is 8. The number of amides is 1. The summed E-state index contributed by atoms with van der Waals surface area (Å²) in [5.74, 6) is -0.246. The first-order valence-electron chi connectivity index (χ1n) is 38.3. The van der Waals surface area contributed by atoms with Gasteiger partial charge in [0.25, 0.3) is 0 Å². The van der Waals surface area contributed by atoms with Crippen LogP contribution in [0.1, 0.15) is 316 Å². The van der Waals surface area contributed by atoms with Crippen LogP contribution in [0.25, 0.3) is 0 Å². The third kappa shape index (κ3) is 46.1. The molecule has 0 spiro atoms. The zero-order chi connectivity index (χ0) is 67.3. The number of nitrogens with one attached hydrogen (secondary N) is 1. The van der Waals surface area contributed by atoms with Gasteiger partial charge in [0.05, 0.1) is 32.0 Å². The number of unbranched alkanes of at least 4 members (excludes halogenated alkanes) is 38. The predicted molar refractivity (Wildman–Crippen MR) is 383 cm³/mol. The highest BCUT2D eigenvalue weighted by Gasteiger charge is 2.51. The maximum absolute atomic E-state index is 13.4. The molecule has 2 saturated heterocycles. The second kappa shape index (κ2) is 62.7. The van der Waals surface area contributed by atoms with Crippen LogP contribution in [0.4, 0.5) is 0 Å². The van der Waals surface area contributed by atoms with Crippen molar-refractivity contribution in [1.29, 1.82) is 0 Å². The van der Waals surface area contributed by atoms with Crippen LogP contribution in [0.15, 0.2) is 85.1 Å². The van der Waals surface area contributed by atoms with Crippen LogP contribution in [0.3, 0.4) is 0 Å². The molecule has 0 aromatic rings. The van der Waals surface area contributed by atoms with E-state index in [-0.39, 0.29) is 18.9 Å². The van der Waals surface area contributed by atoms with Crippen molar-refractivity contribution < 1.29 is 64.6 Å². The fourth-order valence-electron chi connectivity index (χ4n) is 12.3. The molecule has 9 N–H and O–H groups in total. The molecule has 0 radical (unpaired) electrons. The van der Waals surface area contributed by atoms with Gasteiger partial charge >= 0.3 is 0 Å². The summed E-state index contributed by atoms with van der Waals surface area (Å²) < 4.78 is 22.9. The summed E-state index contributed by atoms with van der Waals surface area (Å²) in [6, 6.07) is -0.935. The van der Waals surface area contributed by atoms with Crippen molar-refractivity contribution in [2.45, 2.75) is 389 Å². The van der Waals surface area contributed by atoms with Gasteiger partial charge in [-0.1, -0.05) is 317 Å². The number of allylic oxidation sites excluding steroid dienone is 13. The molecule has 0 saturated carbocycles. The Labute approximate surface area is 567 Å². The highest BCUT2D eigenvalue weighted by atomic mass is 16.7. The number of aliphatic hydroxyl groups is 8. The number of carbonyl (C=O) groups excluding carboxylic acids is 1. The van der Waals surface area contributed by atoms with Gasteiger partial charge in [0.1, 0.15) is 48.8 Å². The van der Waals surface area contributed by atoms with Crippen LogP contribution >= 0.6 is 0 Å². The van der Waals surface area contributed by atoms with E-state index in [9.17, 15) is 45.6 Å². The Hall–Kier alpha value is -2.83. The van der Waals surface area contributed by atoms with Gasteiger partial charge in [0.15, 0.2) is 12.6 Å². The van der Waals surface area contributed by atoms with E-state index in [4.69, 9.17) is 18.9 Å². The molecule has 2 heterocycles. The highest BCUT2D eigenvalue weighted by molar-refractivity contribution is 5.76. The highest BCUT2D eigenvalue weighted by Crippen LogP contribution is 2.30. The summed E-state index contributed by atoms with van der Waals surface area (Å²) in [7, 11) is 0. The molecule has 2 aliphatic heterocycles. The molecule has 0 aromatic heterocycles. The van der Waals surface area contributed by atoms with E-state index < -0.39 is 86.8 Å². The van der Waals surface area contributed by atoms with Crippen molar-refractivity contribution in [3.63, 3.8) is 0 Å². The lowest BCUT2D eigenvalue weighted by Crippen LogP contribution is -2.65. The zero-order valence-electron chi connectivity index (χ0n) is 59.0. The van der Waals surface area contributed by atoms with Gasteiger partial charge in [0.2, 0.25) is 5.91 Å². The molecule has 12 atom stereocenters. The van der Waals surface area contributed by atoms with E-state index in [0.29, 0.717) is 12.8 Å². The third-order valence-electron chi connectivity index (χ3n) is 18.3. The SMILES string of the molecule is CC/C=C\C/C=C\C/C=C\C/C=C\C/C=C\CCCCCCCCCCCCCCCCCCCCCC(=O)NC(COC1OC(CO)C(OC2OC(CO)C(O)C(O)C2O)C(O)C1O)C(O)/C=C/CC/C=C/CCCCCCCCCCCCCCCCCCCC. The Morgan fingerprint density at radius 3 is 1.18 bits per heavy atom. The molecule has 14 heteroatoms. The van der Waals surface area contributed by atoms with Crippen molar-refractivity contribution in [3.05, 3.63) is 85.1 Å². The first-order chi connectivity index (χ1) is 45.6. The van der Waals surface area contributed by atoms with Crippen LogP contribution in [-0.4, -0.2) is 140 Å². The van der Waals surface area contributed by atoms with Crippen LogP contribution in [0.5, 0.6) is 0 Å². The lowest BCUT2D eigenvalue weighted by atomic mass is 9.97. The topological polar surface area (TPSA) is 228 Å². The summed E-state index contributed by atoms with van der Waals surface area (Å²) in [6.07, 6.45) is 70.8. The Bertz CT molecular complexity index is 1890. The Kier molecular flexibility index (Phi) is 58.1. The first-order valence-corrected chi connectivity index (χ1v) is 38.3. The minimum absolute atomic E-state index is 0.246. The second-order valence-corrected chi connectivity index (χ2v) is 26.7. The van der Waals surface area contributed by atoms with Crippen molar-refractivity contribution in [1.82, 2.24) is 5.32 Å². The fourth-order valence-corrected chi connectivity index (χ4v) is 12.3. The molecule has 0 bridgehead atoms. The summed E-state index contributed by atoms with van der Waals surface area (Å²) in [6.45, 7) is 2.71. The van der Waals surface area contributed by atoms with Crippen molar-refractivity contribution >= 4 is 5.91 Å². The van der Waals surface area contributed by atoms with E-state index in [0.717, 1.165) is 64.2 Å². The summed E-state index contributed by atoms with van der Waals surface area (Å²) in [4.78, 5) is 13.4. The van der Waals surface area contributed by atoms with Gasteiger partial charge in [-0.2, -0.15) is 0 Å². The average molecular weight is 1310 g/mol. The molecule has 93 heavy (non-hydrogen) atoms. The van der Waals surface area contributed by atoms with Crippen LogP contribution in [0.2, 0.25) is 0 Å². The zero-order valence-corrected chi connectivity index (χ0v) is 59.0. The van der Waals surface area contributed by atoms with Crippen LogP contribution in [0, 0.1) is 0 Å². The number of rotatable bonds is 63. The first kappa shape index (κ1) is 86.3. The molecule has 0 aromatic carbocycles. The molecule has 540 valence electrons. The second-order valence-electron chi connectivity index (χ2n) is 26.7. The van der Waals surface area contributed by atoms with E-state index in [1.807, 2.05) is 6.08 Å². The average Bonchev–Trinajstić information content (AvgIpc) is 0.854. The molecule has 2 rings (SSSR count). The van der Waals surface area contributed by atoms with E-state index in [2.05, 4.69) is 92.1 Å². The van der Waals surface area contributed by atoms with Crippen LogP contribution in [-0.2, 0) is 23.7 Å². The van der Waals surface area contributed by atoms with E-state index in [1.165, 1.54) is 218 Å². The lowest BCUT2D eigenvalue weighted by Gasteiger charge is -2.46. The molecular weight excluding hydrogens is 1170 g/mol. The molecular formula is C79H141NO13. The number of hydrogen-bond acceptors (Lipinski definition) is 13. The minimum atomic E-state index is -1.79. The van der Waals surface area contributed by atoms with Gasteiger partial charge in [-0.15, -0.1) is 0 Å². The normalized spacial score (nSPS) is 23.0. The summed E-state index contributed by atoms with van der Waals surface area (Å²) >= 11 is 0. The van der Waals surface area contributed by atoms with Gasteiger partial charge in [-0.05, 0) is 77.0 Å². The number of hydrogen-bond donors (Lipinski definition) is 9. The molecule has 12 unspecified atom stereocenters. The molecule has 2 aliphatic rings. The number of carbonyl (C=O) groups is 1. The Morgan fingerprint density at radius 1 is 0.398 bits per heavy atom. The molecule has 1 amide bonds. The van der Waals surface area contributed by atoms with E-state index >= 15 is 0 Å². The quantitative estimate of drug-likeness (QED) is 0.0204. The standard InChI is InChI=1S/C79H141NO13/c1-3-5-7-9-11-13-15-17-19-21-23-25-27-29-30-31-32-33-34-35-36-37-38-39-41-43-45-47-49-51-53-55-57-59-61-63-71(84)80-67(66-90-78-76(89)74(87)77(70(65-82)92-78)93-79-75(88)73(86)72(85)69(64-81)91-79)68(83)62-60-58-56-54-52-50-48-46-44-42-40-28-26-24-22-20-18-16-14-12-10-8-6-4-2/h5,7,11,13,17,19,23,25,29-30,52,54,60,62,67-70,72-79,81-83,85-89H,3-4,6,8-10,12,14-16,18,20-22,24,26-28,31-51,53,55-59,61,63-66H2,1-2H3,(H,80,84)/b7-5-,13-11-,19-17-,25-23-,30-29-,54-52+,62-60+.